The molecule has 0 spiro atoms. The van der Waals surface area contributed by atoms with Gasteiger partial charge in [-0.1, -0.05) is 18.2 Å². The molecule has 2 N–H and O–H groups in total. The van der Waals surface area contributed by atoms with Crippen molar-refractivity contribution in [1.82, 2.24) is 15.1 Å². The van der Waals surface area contributed by atoms with Crippen LogP contribution in [0.1, 0.15) is 19.8 Å². The Kier molecular flexibility index (Phi) is 5.76. The Hall–Kier alpha value is -2.78. The number of amides is 2. The summed E-state index contributed by atoms with van der Waals surface area (Å²) in [6.45, 7) is 2.29. The molecule has 150 valence electrons. The Morgan fingerprint density at radius 2 is 1.68 bits per heavy atom. The van der Waals surface area contributed by atoms with Crippen molar-refractivity contribution in [3.05, 3.63) is 30.3 Å². The quantitative estimate of drug-likeness (QED) is 0.510. The summed E-state index contributed by atoms with van der Waals surface area (Å²) in [5, 5.41) is 13.1. The molecule has 2 aliphatic rings. The molecule has 0 aromatic heterocycles. The van der Waals surface area contributed by atoms with E-state index in [2.05, 4.69) is 5.32 Å². The van der Waals surface area contributed by atoms with Gasteiger partial charge in [-0.05, 0) is 38.1 Å². The molecule has 0 saturated carbocycles. The molecule has 1 atom stereocenters. The molecule has 2 fully saturated rings. The number of Topliss-reactive ketones (excluding diaryl/α,β-unsaturated/α-hetero) is 1. The molecule has 2 heterocycles. The SMILES string of the molecule is CC(=O)C(Oc1ccccc1)(C(=O)O)N1C(=O)CN(C2CCNCC2)CC1=O. The van der Waals surface area contributed by atoms with Crippen molar-refractivity contribution in [2.75, 3.05) is 26.2 Å². The molecule has 0 aliphatic carbocycles. The number of benzene rings is 1. The van der Waals surface area contributed by atoms with E-state index in [9.17, 15) is 24.3 Å². The smallest absolute Gasteiger partial charge is 0.379 e. The van der Waals surface area contributed by atoms with Crippen LogP contribution in [0.4, 0.5) is 0 Å². The molecule has 9 nitrogen and oxygen atoms in total. The van der Waals surface area contributed by atoms with Crippen molar-refractivity contribution in [2.45, 2.75) is 31.5 Å². The molecular formula is C19H23N3O6. The summed E-state index contributed by atoms with van der Waals surface area (Å²) >= 11 is 0. The molecule has 3 rings (SSSR count). The number of carboxylic acid groups (broad SMARTS) is 1. The fourth-order valence-electron chi connectivity index (χ4n) is 3.69. The Labute approximate surface area is 162 Å². The summed E-state index contributed by atoms with van der Waals surface area (Å²) in [4.78, 5) is 52.5. The van der Waals surface area contributed by atoms with E-state index >= 15 is 0 Å². The third kappa shape index (κ3) is 3.63. The second-order valence-corrected chi connectivity index (χ2v) is 6.93. The highest BCUT2D eigenvalue weighted by Gasteiger charge is 2.58. The van der Waals surface area contributed by atoms with Gasteiger partial charge in [-0.2, -0.15) is 0 Å². The number of ketones is 1. The van der Waals surface area contributed by atoms with Crippen LogP contribution >= 0.6 is 0 Å². The van der Waals surface area contributed by atoms with E-state index in [0.717, 1.165) is 32.9 Å². The summed E-state index contributed by atoms with van der Waals surface area (Å²) in [5.41, 5.74) is -2.73. The number of carbonyl (C=O) groups is 4. The number of hydrogen-bond donors (Lipinski definition) is 2. The predicted molar refractivity (Wildman–Crippen MR) is 97.4 cm³/mol. The van der Waals surface area contributed by atoms with Gasteiger partial charge in [0.25, 0.3) is 0 Å². The van der Waals surface area contributed by atoms with Crippen LogP contribution in [0.2, 0.25) is 0 Å². The van der Waals surface area contributed by atoms with Crippen LogP contribution < -0.4 is 10.1 Å². The normalized spacial score (nSPS) is 21.2. The van der Waals surface area contributed by atoms with Crippen molar-refractivity contribution in [3.8, 4) is 5.75 Å². The summed E-state index contributed by atoms with van der Waals surface area (Å²) < 4.78 is 5.49. The van der Waals surface area contributed by atoms with Crippen LogP contribution in [0, 0.1) is 0 Å². The average molecular weight is 389 g/mol. The van der Waals surface area contributed by atoms with Crippen molar-refractivity contribution in [3.63, 3.8) is 0 Å². The van der Waals surface area contributed by atoms with E-state index in [1.165, 1.54) is 12.1 Å². The van der Waals surface area contributed by atoms with E-state index in [4.69, 9.17) is 4.74 Å². The van der Waals surface area contributed by atoms with E-state index in [1.807, 2.05) is 0 Å². The number of carbonyl (C=O) groups excluding carboxylic acids is 3. The number of imide groups is 1. The summed E-state index contributed by atoms with van der Waals surface area (Å²) in [7, 11) is 0. The van der Waals surface area contributed by atoms with Crippen LogP contribution in [-0.4, -0.2) is 76.4 Å². The number of piperidine rings is 1. The second-order valence-electron chi connectivity index (χ2n) is 6.93. The van der Waals surface area contributed by atoms with Gasteiger partial charge in [-0.3, -0.25) is 19.3 Å². The number of hydrogen-bond acceptors (Lipinski definition) is 7. The average Bonchev–Trinajstić information content (AvgIpc) is 2.67. The van der Waals surface area contributed by atoms with E-state index in [-0.39, 0.29) is 24.9 Å². The first-order chi connectivity index (χ1) is 13.4. The highest BCUT2D eigenvalue weighted by molar-refractivity contribution is 6.14. The molecule has 9 heteroatoms. The molecule has 0 radical (unpaired) electrons. The lowest BCUT2D eigenvalue weighted by Gasteiger charge is -2.43. The number of nitrogens with one attached hydrogen (secondary N) is 1. The minimum Gasteiger partial charge on any atom is -0.476 e. The minimum atomic E-state index is -2.73. The van der Waals surface area contributed by atoms with Crippen LogP contribution in [0.15, 0.2) is 30.3 Å². The molecule has 28 heavy (non-hydrogen) atoms. The Morgan fingerprint density at radius 3 is 2.18 bits per heavy atom. The van der Waals surface area contributed by atoms with Gasteiger partial charge in [-0.15, -0.1) is 0 Å². The van der Waals surface area contributed by atoms with Crippen LogP contribution in [0.3, 0.4) is 0 Å². The van der Waals surface area contributed by atoms with Crippen molar-refractivity contribution < 1.29 is 29.0 Å². The summed E-state index contributed by atoms with van der Waals surface area (Å²) in [6.07, 6.45) is 1.58. The fourth-order valence-corrected chi connectivity index (χ4v) is 3.69. The zero-order valence-corrected chi connectivity index (χ0v) is 15.6. The molecule has 2 amide bonds. The largest absolute Gasteiger partial charge is 0.476 e. The van der Waals surface area contributed by atoms with E-state index < -0.39 is 29.3 Å². The summed E-state index contributed by atoms with van der Waals surface area (Å²) in [6, 6.07) is 7.86. The lowest BCUT2D eigenvalue weighted by atomic mass is 10.0. The zero-order valence-electron chi connectivity index (χ0n) is 15.6. The molecule has 2 saturated heterocycles. The molecule has 2 aliphatic heterocycles. The minimum absolute atomic E-state index is 0.0582. The molecule has 1 unspecified atom stereocenters. The lowest BCUT2D eigenvalue weighted by molar-refractivity contribution is -0.194. The fraction of sp³-hybridized carbons (Fsp3) is 0.474. The molecule has 1 aromatic rings. The maximum Gasteiger partial charge on any atom is 0.379 e. The molecule has 0 bridgehead atoms. The third-order valence-corrected chi connectivity index (χ3v) is 5.09. The van der Waals surface area contributed by atoms with Crippen molar-refractivity contribution in [1.29, 1.82) is 0 Å². The topological polar surface area (TPSA) is 116 Å². The molecule has 1 aromatic carbocycles. The second kappa shape index (κ2) is 8.07. The number of aliphatic carboxylic acids is 1. The van der Waals surface area contributed by atoms with Crippen molar-refractivity contribution in [2.24, 2.45) is 0 Å². The highest BCUT2D eigenvalue weighted by Crippen LogP contribution is 2.27. The zero-order chi connectivity index (χ0) is 20.3. The number of rotatable bonds is 6. The predicted octanol–water partition coefficient (Wildman–Crippen LogP) is -0.142. The van der Waals surface area contributed by atoms with Gasteiger partial charge >= 0.3 is 11.7 Å². The number of ether oxygens (including phenoxy) is 1. The van der Waals surface area contributed by atoms with Gasteiger partial charge in [0.15, 0.2) is 0 Å². The first kappa shape index (κ1) is 20.0. The number of nitrogens with zero attached hydrogens (tertiary/aromatic N) is 2. The number of carboxylic acids is 1. The van der Waals surface area contributed by atoms with Crippen LogP contribution in [0.25, 0.3) is 0 Å². The number of para-hydroxylation sites is 1. The first-order valence-corrected chi connectivity index (χ1v) is 9.15. The monoisotopic (exact) mass is 389 g/mol. The maximum absolute atomic E-state index is 12.9. The highest BCUT2D eigenvalue weighted by atomic mass is 16.6. The van der Waals surface area contributed by atoms with Gasteiger partial charge in [0.2, 0.25) is 17.6 Å². The standard InChI is InChI=1S/C19H23N3O6/c1-13(23)19(18(26)27,28-15-5-3-2-4-6-15)22-16(24)11-21(12-17(22)25)14-7-9-20-10-8-14/h2-6,14,20H,7-12H2,1H3,(H,26,27). The Balaban J connectivity index is 1.91. The van der Waals surface area contributed by atoms with E-state index in [1.54, 1.807) is 23.1 Å². The van der Waals surface area contributed by atoms with Crippen LogP contribution in [-0.2, 0) is 19.2 Å². The summed E-state index contributed by atoms with van der Waals surface area (Å²) in [5.74, 6) is -4.12. The van der Waals surface area contributed by atoms with Gasteiger partial charge in [0, 0.05) is 13.0 Å². The lowest BCUT2D eigenvalue weighted by Crippen LogP contribution is -2.72. The van der Waals surface area contributed by atoms with Crippen molar-refractivity contribution >= 4 is 23.6 Å². The van der Waals surface area contributed by atoms with E-state index in [0.29, 0.717) is 4.90 Å². The number of piperazine rings is 1. The third-order valence-electron chi connectivity index (χ3n) is 5.09. The van der Waals surface area contributed by atoms with Crippen LogP contribution in [0.5, 0.6) is 5.75 Å². The van der Waals surface area contributed by atoms with Gasteiger partial charge in [0.1, 0.15) is 5.75 Å². The first-order valence-electron chi connectivity index (χ1n) is 9.15. The Morgan fingerprint density at radius 1 is 1.11 bits per heavy atom. The van der Waals surface area contributed by atoms with Gasteiger partial charge < -0.3 is 15.2 Å². The van der Waals surface area contributed by atoms with Gasteiger partial charge in [0.05, 0.1) is 13.1 Å². The van der Waals surface area contributed by atoms with Gasteiger partial charge in [-0.25, -0.2) is 9.69 Å². The molecular weight excluding hydrogens is 366 g/mol. The Bertz CT molecular complexity index is 743. The maximum atomic E-state index is 12.9.